The number of nitrogens with one attached hydrogen (secondary N) is 1. The molecular weight excluding hydrogens is 332 g/mol. The molecule has 0 saturated carbocycles. The lowest BCUT2D eigenvalue weighted by Crippen LogP contribution is -2.40. The molecule has 0 aromatic carbocycles. The fourth-order valence-electron chi connectivity index (χ4n) is 3.30. The molecule has 2 rings (SSSR count). The standard InChI is InChI=1S/C19H32N4O3/c1-14-10-21-17(15(2)18(14)25-5)11-22-19(20-3)23-7-6-16(12-23)13-26-9-8-24-4/h10,16H,6-9,11-13H2,1-5H3,(H,20,22). The predicted octanol–water partition coefficient (Wildman–Crippen LogP) is 1.77. The number of hydrogen-bond acceptors (Lipinski definition) is 5. The molecule has 7 nitrogen and oxygen atoms in total. The van der Waals surface area contributed by atoms with Crippen LogP contribution in [0.15, 0.2) is 11.2 Å². The van der Waals surface area contributed by atoms with E-state index in [4.69, 9.17) is 14.2 Å². The van der Waals surface area contributed by atoms with Crippen LogP contribution in [0.3, 0.4) is 0 Å². The van der Waals surface area contributed by atoms with Gasteiger partial charge in [-0.05, 0) is 20.3 Å². The summed E-state index contributed by atoms with van der Waals surface area (Å²) in [5, 5.41) is 3.43. The van der Waals surface area contributed by atoms with Crippen molar-refractivity contribution in [2.24, 2.45) is 10.9 Å². The molecule has 1 saturated heterocycles. The molecule has 1 aromatic heterocycles. The van der Waals surface area contributed by atoms with Gasteiger partial charge >= 0.3 is 0 Å². The van der Waals surface area contributed by atoms with Gasteiger partial charge in [-0.2, -0.15) is 0 Å². The number of aromatic nitrogens is 1. The quantitative estimate of drug-likeness (QED) is 0.431. The number of likely N-dealkylation sites (tertiary alicyclic amines) is 1. The number of methoxy groups -OCH3 is 2. The highest BCUT2D eigenvalue weighted by molar-refractivity contribution is 5.80. The Morgan fingerprint density at radius 1 is 1.35 bits per heavy atom. The monoisotopic (exact) mass is 364 g/mol. The van der Waals surface area contributed by atoms with Gasteiger partial charge < -0.3 is 24.4 Å². The minimum Gasteiger partial charge on any atom is -0.496 e. The van der Waals surface area contributed by atoms with Crippen LogP contribution in [0, 0.1) is 19.8 Å². The van der Waals surface area contributed by atoms with Crippen molar-refractivity contribution >= 4 is 5.96 Å². The lowest BCUT2D eigenvalue weighted by atomic mass is 10.1. The SMILES string of the molecule is CN=C(NCc1ncc(C)c(OC)c1C)N1CCC(COCCOC)C1. The van der Waals surface area contributed by atoms with Gasteiger partial charge in [0.25, 0.3) is 0 Å². The lowest BCUT2D eigenvalue weighted by Gasteiger charge is -2.22. The van der Waals surface area contributed by atoms with Crippen LogP contribution < -0.4 is 10.1 Å². The first kappa shape index (κ1) is 20.5. The Morgan fingerprint density at radius 3 is 2.85 bits per heavy atom. The number of hydrogen-bond donors (Lipinski definition) is 1. The van der Waals surface area contributed by atoms with Crippen LogP contribution in [0.5, 0.6) is 5.75 Å². The molecule has 0 bridgehead atoms. The number of ether oxygens (including phenoxy) is 3. The third-order valence-corrected chi connectivity index (χ3v) is 4.75. The summed E-state index contributed by atoms with van der Waals surface area (Å²) in [5.74, 6) is 2.34. The van der Waals surface area contributed by atoms with Crippen LogP contribution in [0.1, 0.15) is 23.2 Å². The number of rotatable bonds is 8. The van der Waals surface area contributed by atoms with Crippen LogP contribution in [0.25, 0.3) is 0 Å². The first-order chi connectivity index (χ1) is 12.6. The molecule has 1 aliphatic rings. The molecule has 0 spiro atoms. The summed E-state index contributed by atoms with van der Waals surface area (Å²) in [5.41, 5.74) is 3.10. The van der Waals surface area contributed by atoms with Gasteiger partial charge in [0.05, 0.1) is 39.2 Å². The highest BCUT2D eigenvalue weighted by Gasteiger charge is 2.25. The van der Waals surface area contributed by atoms with Gasteiger partial charge in [0, 0.05) is 50.5 Å². The zero-order valence-electron chi connectivity index (χ0n) is 16.7. The van der Waals surface area contributed by atoms with E-state index in [1.165, 1.54) is 0 Å². The molecule has 0 aliphatic carbocycles. The molecule has 0 amide bonds. The average molecular weight is 364 g/mol. The van der Waals surface area contributed by atoms with Gasteiger partial charge in [0.15, 0.2) is 5.96 Å². The van der Waals surface area contributed by atoms with Gasteiger partial charge in [-0.25, -0.2) is 0 Å². The fourth-order valence-corrected chi connectivity index (χ4v) is 3.30. The third kappa shape index (κ3) is 5.32. The minimum atomic E-state index is 0.532. The zero-order chi connectivity index (χ0) is 18.9. The van der Waals surface area contributed by atoms with Crippen molar-refractivity contribution in [3.05, 3.63) is 23.0 Å². The Labute approximate surface area is 156 Å². The van der Waals surface area contributed by atoms with Gasteiger partial charge in [0.2, 0.25) is 0 Å². The van der Waals surface area contributed by atoms with E-state index in [2.05, 4.69) is 20.2 Å². The van der Waals surface area contributed by atoms with Crippen LogP contribution in [0.4, 0.5) is 0 Å². The van der Waals surface area contributed by atoms with Crippen LogP contribution in [0.2, 0.25) is 0 Å². The molecule has 1 unspecified atom stereocenters. The highest BCUT2D eigenvalue weighted by atomic mass is 16.5. The Balaban J connectivity index is 1.87. The Morgan fingerprint density at radius 2 is 2.15 bits per heavy atom. The van der Waals surface area contributed by atoms with Crippen molar-refractivity contribution in [3.63, 3.8) is 0 Å². The topological polar surface area (TPSA) is 68.2 Å². The maximum absolute atomic E-state index is 5.67. The van der Waals surface area contributed by atoms with E-state index in [1.807, 2.05) is 27.1 Å². The van der Waals surface area contributed by atoms with E-state index in [0.717, 1.165) is 54.6 Å². The summed E-state index contributed by atoms with van der Waals surface area (Å²) in [4.78, 5) is 11.3. The number of nitrogens with zero attached hydrogens (tertiary/aromatic N) is 3. The lowest BCUT2D eigenvalue weighted by molar-refractivity contribution is 0.0536. The maximum Gasteiger partial charge on any atom is 0.193 e. The third-order valence-electron chi connectivity index (χ3n) is 4.75. The van der Waals surface area contributed by atoms with E-state index in [-0.39, 0.29) is 0 Å². The second-order valence-electron chi connectivity index (χ2n) is 6.62. The van der Waals surface area contributed by atoms with Crippen LogP contribution in [-0.2, 0) is 16.0 Å². The highest BCUT2D eigenvalue weighted by Crippen LogP contribution is 2.24. The minimum absolute atomic E-state index is 0.532. The molecular formula is C19H32N4O3. The molecule has 146 valence electrons. The molecule has 1 aromatic rings. The second kappa shape index (κ2) is 10.3. The molecule has 1 fully saturated rings. The van der Waals surface area contributed by atoms with Gasteiger partial charge in [-0.1, -0.05) is 0 Å². The Bertz CT molecular complexity index is 607. The van der Waals surface area contributed by atoms with Gasteiger partial charge in [-0.15, -0.1) is 0 Å². The van der Waals surface area contributed by atoms with E-state index in [9.17, 15) is 0 Å². The van der Waals surface area contributed by atoms with Crippen molar-refractivity contribution in [3.8, 4) is 5.75 Å². The zero-order valence-corrected chi connectivity index (χ0v) is 16.7. The van der Waals surface area contributed by atoms with E-state index in [0.29, 0.717) is 25.7 Å². The van der Waals surface area contributed by atoms with Crippen molar-refractivity contribution in [2.45, 2.75) is 26.8 Å². The summed E-state index contributed by atoms with van der Waals surface area (Å²) in [6, 6.07) is 0. The normalized spacial score (nSPS) is 17.7. The number of guanidine groups is 1. The van der Waals surface area contributed by atoms with Crippen molar-refractivity contribution in [2.75, 3.05) is 54.2 Å². The number of pyridine rings is 1. The van der Waals surface area contributed by atoms with Crippen LogP contribution in [-0.4, -0.2) is 70.0 Å². The Kier molecular flexibility index (Phi) is 8.12. The fraction of sp³-hybridized carbons (Fsp3) is 0.684. The van der Waals surface area contributed by atoms with Gasteiger partial charge in [0.1, 0.15) is 5.75 Å². The van der Waals surface area contributed by atoms with E-state index in [1.54, 1.807) is 14.2 Å². The largest absolute Gasteiger partial charge is 0.496 e. The van der Waals surface area contributed by atoms with Crippen molar-refractivity contribution in [1.82, 2.24) is 15.2 Å². The average Bonchev–Trinajstić information content (AvgIpc) is 3.10. The summed E-state index contributed by atoms with van der Waals surface area (Å²) in [6.07, 6.45) is 2.97. The smallest absolute Gasteiger partial charge is 0.193 e. The summed E-state index contributed by atoms with van der Waals surface area (Å²) < 4.78 is 16.2. The van der Waals surface area contributed by atoms with Crippen LogP contribution >= 0.6 is 0 Å². The summed E-state index contributed by atoms with van der Waals surface area (Å²) in [7, 11) is 5.21. The molecule has 26 heavy (non-hydrogen) atoms. The molecule has 1 N–H and O–H groups in total. The first-order valence-electron chi connectivity index (χ1n) is 9.12. The summed E-state index contributed by atoms with van der Waals surface area (Å²) in [6.45, 7) is 8.69. The summed E-state index contributed by atoms with van der Waals surface area (Å²) >= 11 is 0. The molecule has 7 heteroatoms. The molecule has 1 aliphatic heterocycles. The van der Waals surface area contributed by atoms with Gasteiger partial charge in [-0.3, -0.25) is 9.98 Å². The second-order valence-corrected chi connectivity index (χ2v) is 6.62. The van der Waals surface area contributed by atoms with Crippen molar-refractivity contribution < 1.29 is 14.2 Å². The number of aliphatic imine (C=N–C) groups is 1. The first-order valence-corrected chi connectivity index (χ1v) is 9.12. The molecule has 1 atom stereocenters. The van der Waals surface area contributed by atoms with E-state index < -0.39 is 0 Å². The van der Waals surface area contributed by atoms with E-state index >= 15 is 0 Å². The van der Waals surface area contributed by atoms with Crippen molar-refractivity contribution in [1.29, 1.82) is 0 Å². The molecule has 0 radical (unpaired) electrons. The predicted molar refractivity (Wildman–Crippen MR) is 103 cm³/mol. The number of aryl methyl sites for hydroxylation is 1. The Hall–Kier alpha value is -1.86. The maximum atomic E-state index is 5.67. The molecule has 2 heterocycles.